The Morgan fingerprint density at radius 1 is 1.03 bits per heavy atom. The fourth-order valence-electron chi connectivity index (χ4n) is 4.77. The maximum Gasteiger partial charge on any atom is 0.233 e. The van der Waals surface area contributed by atoms with Crippen LogP contribution in [0, 0.1) is 16.7 Å². The van der Waals surface area contributed by atoms with Crippen LogP contribution in [0.1, 0.15) is 44.1 Å². The SMILES string of the molecule is N#Cc1ccc(N2CCC3(CCN(c4ccc(OC5CCC5)nn4)CC3)C2)cc1Cl. The van der Waals surface area contributed by atoms with Crippen LogP contribution in [0.5, 0.6) is 5.88 Å². The monoisotopic (exact) mass is 423 g/mol. The van der Waals surface area contributed by atoms with Crippen LogP contribution in [-0.2, 0) is 0 Å². The van der Waals surface area contributed by atoms with Gasteiger partial charge in [-0.3, -0.25) is 0 Å². The van der Waals surface area contributed by atoms with Gasteiger partial charge in [-0.2, -0.15) is 5.26 Å². The molecule has 6 nitrogen and oxygen atoms in total. The molecule has 0 amide bonds. The molecule has 5 rings (SSSR count). The summed E-state index contributed by atoms with van der Waals surface area (Å²) in [5.41, 5.74) is 2.00. The van der Waals surface area contributed by atoms with Gasteiger partial charge in [0.1, 0.15) is 12.2 Å². The van der Waals surface area contributed by atoms with E-state index in [9.17, 15) is 0 Å². The van der Waals surface area contributed by atoms with Gasteiger partial charge in [0.15, 0.2) is 5.82 Å². The Morgan fingerprint density at radius 2 is 1.80 bits per heavy atom. The first kappa shape index (κ1) is 19.4. The van der Waals surface area contributed by atoms with Gasteiger partial charge in [0, 0.05) is 37.9 Å². The van der Waals surface area contributed by atoms with Crippen LogP contribution in [0.15, 0.2) is 30.3 Å². The number of piperidine rings is 1. The molecule has 1 saturated carbocycles. The van der Waals surface area contributed by atoms with Crippen molar-refractivity contribution >= 4 is 23.1 Å². The molecular formula is C23H26ClN5O. The van der Waals surface area contributed by atoms with Gasteiger partial charge >= 0.3 is 0 Å². The van der Waals surface area contributed by atoms with Crippen molar-refractivity contribution in [3.63, 3.8) is 0 Å². The summed E-state index contributed by atoms with van der Waals surface area (Å²) in [7, 11) is 0. The number of rotatable bonds is 4. The zero-order valence-corrected chi connectivity index (χ0v) is 17.8. The van der Waals surface area contributed by atoms with Gasteiger partial charge < -0.3 is 14.5 Å². The van der Waals surface area contributed by atoms with Gasteiger partial charge in [-0.15, -0.1) is 10.2 Å². The average Bonchev–Trinajstić information content (AvgIpc) is 3.15. The molecule has 0 unspecified atom stereocenters. The second-order valence-corrected chi connectivity index (χ2v) is 9.24. The normalized spacial score (nSPS) is 20.8. The number of nitriles is 1. The quantitative estimate of drug-likeness (QED) is 0.724. The van der Waals surface area contributed by atoms with Gasteiger partial charge in [-0.1, -0.05) is 11.6 Å². The number of halogens is 1. The van der Waals surface area contributed by atoms with E-state index in [4.69, 9.17) is 21.6 Å². The van der Waals surface area contributed by atoms with E-state index in [0.717, 1.165) is 63.4 Å². The number of hydrogen-bond acceptors (Lipinski definition) is 6. The molecule has 1 aromatic carbocycles. The first-order valence-corrected chi connectivity index (χ1v) is 11.2. The third-order valence-electron chi connectivity index (χ3n) is 6.99. The molecule has 1 aliphatic carbocycles. The van der Waals surface area contributed by atoms with Crippen LogP contribution in [0.4, 0.5) is 11.5 Å². The molecule has 3 aliphatic rings. The van der Waals surface area contributed by atoms with Crippen molar-refractivity contribution in [2.45, 2.75) is 44.6 Å². The van der Waals surface area contributed by atoms with E-state index in [0.29, 0.717) is 28.0 Å². The van der Waals surface area contributed by atoms with Crippen molar-refractivity contribution in [3.8, 4) is 11.9 Å². The minimum Gasteiger partial charge on any atom is -0.473 e. The summed E-state index contributed by atoms with van der Waals surface area (Å²) in [4.78, 5) is 4.75. The number of nitrogens with zero attached hydrogens (tertiary/aromatic N) is 5. The predicted octanol–water partition coefficient (Wildman–Crippen LogP) is 4.43. The molecule has 3 heterocycles. The highest BCUT2D eigenvalue weighted by molar-refractivity contribution is 6.32. The van der Waals surface area contributed by atoms with Crippen LogP contribution >= 0.6 is 11.6 Å². The topological polar surface area (TPSA) is 65.3 Å². The van der Waals surface area contributed by atoms with Crippen LogP contribution in [0.2, 0.25) is 5.02 Å². The number of ether oxygens (including phenoxy) is 1. The summed E-state index contributed by atoms with van der Waals surface area (Å²) >= 11 is 6.24. The Kier molecular flexibility index (Phi) is 5.16. The van der Waals surface area contributed by atoms with Crippen molar-refractivity contribution < 1.29 is 4.74 Å². The summed E-state index contributed by atoms with van der Waals surface area (Å²) in [6.07, 6.45) is 7.33. The first-order valence-electron chi connectivity index (χ1n) is 10.8. The summed E-state index contributed by atoms with van der Waals surface area (Å²) in [6.45, 7) is 4.08. The lowest BCUT2D eigenvalue weighted by molar-refractivity contribution is 0.113. The van der Waals surface area contributed by atoms with Crippen molar-refractivity contribution in [2.75, 3.05) is 36.0 Å². The predicted molar refractivity (Wildman–Crippen MR) is 117 cm³/mol. The van der Waals surface area contributed by atoms with Crippen LogP contribution in [0.3, 0.4) is 0 Å². The van der Waals surface area contributed by atoms with Crippen LogP contribution < -0.4 is 14.5 Å². The Balaban J connectivity index is 1.18. The van der Waals surface area contributed by atoms with Gasteiger partial charge in [0.05, 0.1) is 10.6 Å². The summed E-state index contributed by atoms with van der Waals surface area (Å²) in [6, 6.07) is 11.9. The van der Waals surface area contributed by atoms with Gasteiger partial charge in [-0.05, 0) is 68.2 Å². The van der Waals surface area contributed by atoms with E-state index < -0.39 is 0 Å². The summed E-state index contributed by atoms with van der Waals surface area (Å²) < 4.78 is 5.82. The minimum atomic E-state index is 0.330. The fourth-order valence-corrected chi connectivity index (χ4v) is 4.99. The Labute approximate surface area is 182 Å². The molecule has 1 spiro atoms. The van der Waals surface area contributed by atoms with Crippen LogP contribution in [0.25, 0.3) is 0 Å². The van der Waals surface area contributed by atoms with E-state index >= 15 is 0 Å². The smallest absolute Gasteiger partial charge is 0.233 e. The van der Waals surface area contributed by atoms with E-state index in [-0.39, 0.29) is 0 Å². The van der Waals surface area contributed by atoms with Crippen LogP contribution in [-0.4, -0.2) is 42.5 Å². The molecule has 0 N–H and O–H groups in total. The van der Waals surface area contributed by atoms with E-state index in [1.54, 1.807) is 0 Å². The molecule has 2 aromatic rings. The standard InChI is InChI=1S/C23H26ClN5O/c24-20-14-18(5-4-17(20)15-25)29-13-10-23(16-29)8-11-28(12-9-23)21-6-7-22(27-26-21)30-19-2-1-3-19/h4-7,14,19H,1-3,8-13,16H2. The Hall–Kier alpha value is -2.52. The number of anilines is 2. The molecule has 0 atom stereocenters. The Bertz CT molecular complexity index is 945. The second-order valence-electron chi connectivity index (χ2n) is 8.84. The zero-order valence-electron chi connectivity index (χ0n) is 17.1. The van der Waals surface area contributed by atoms with Gasteiger partial charge in [0.2, 0.25) is 5.88 Å². The summed E-state index contributed by atoms with van der Waals surface area (Å²) in [5, 5.41) is 18.3. The van der Waals surface area contributed by atoms with E-state index in [1.165, 1.54) is 12.8 Å². The molecular weight excluding hydrogens is 398 g/mol. The number of benzene rings is 1. The second kappa shape index (κ2) is 7.96. The van der Waals surface area contributed by atoms with Crippen molar-refractivity contribution in [1.82, 2.24) is 10.2 Å². The minimum absolute atomic E-state index is 0.330. The molecule has 7 heteroatoms. The van der Waals surface area contributed by atoms with Crippen molar-refractivity contribution in [1.29, 1.82) is 5.26 Å². The fraction of sp³-hybridized carbons (Fsp3) is 0.522. The largest absolute Gasteiger partial charge is 0.473 e. The molecule has 1 aromatic heterocycles. The Morgan fingerprint density at radius 3 is 2.40 bits per heavy atom. The highest BCUT2D eigenvalue weighted by Gasteiger charge is 2.41. The third kappa shape index (κ3) is 3.79. The van der Waals surface area contributed by atoms with Gasteiger partial charge in [-0.25, -0.2) is 0 Å². The maximum atomic E-state index is 9.09. The number of hydrogen-bond donors (Lipinski definition) is 0. The molecule has 0 bridgehead atoms. The highest BCUT2D eigenvalue weighted by atomic mass is 35.5. The zero-order chi connectivity index (χ0) is 20.6. The van der Waals surface area contributed by atoms with E-state index in [1.807, 2.05) is 30.3 Å². The average molecular weight is 424 g/mol. The first-order chi connectivity index (χ1) is 14.6. The lowest BCUT2D eigenvalue weighted by Crippen LogP contribution is -2.42. The highest BCUT2D eigenvalue weighted by Crippen LogP contribution is 2.43. The molecule has 2 aliphatic heterocycles. The molecule has 2 saturated heterocycles. The summed E-state index contributed by atoms with van der Waals surface area (Å²) in [5.74, 6) is 1.59. The molecule has 3 fully saturated rings. The number of aromatic nitrogens is 2. The maximum absolute atomic E-state index is 9.09. The molecule has 30 heavy (non-hydrogen) atoms. The lowest BCUT2D eigenvalue weighted by atomic mass is 9.78. The van der Waals surface area contributed by atoms with Gasteiger partial charge in [0.25, 0.3) is 0 Å². The van der Waals surface area contributed by atoms with Crippen molar-refractivity contribution in [3.05, 3.63) is 40.9 Å². The molecule has 0 radical (unpaired) electrons. The molecule has 156 valence electrons. The van der Waals surface area contributed by atoms with Crippen molar-refractivity contribution in [2.24, 2.45) is 5.41 Å². The van der Waals surface area contributed by atoms with E-state index in [2.05, 4.69) is 26.1 Å². The third-order valence-corrected chi connectivity index (χ3v) is 7.30. The lowest BCUT2D eigenvalue weighted by Gasteiger charge is -2.39.